The van der Waals surface area contributed by atoms with Crippen molar-refractivity contribution in [3.05, 3.63) is 60.6 Å². The summed E-state index contributed by atoms with van der Waals surface area (Å²) < 4.78 is 12.5. The molecule has 1 spiro atoms. The summed E-state index contributed by atoms with van der Waals surface area (Å²) in [6.45, 7) is 4.33. The standard InChI is InChI=1S/C24H26N4O3/c29-22-15-26(14-20-13-18-3-1-2-4-21(18)30-20)16-23-28(22)17-24(31-23)7-11-27(12-8-24)19-5-9-25-10-6-19/h1-6,9-10,13,23H,7-8,11-12,14-17H2. The maximum Gasteiger partial charge on any atom is 0.238 e. The van der Waals surface area contributed by atoms with Gasteiger partial charge in [-0.2, -0.15) is 0 Å². The predicted molar refractivity (Wildman–Crippen MR) is 116 cm³/mol. The summed E-state index contributed by atoms with van der Waals surface area (Å²) in [6, 6.07) is 14.2. The fraction of sp³-hybridized carbons (Fsp3) is 0.417. The number of anilines is 1. The molecule has 1 aromatic carbocycles. The summed E-state index contributed by atoms with van der Waals surface area (Å²) >= 11 is 0. The Balaban J connectivity index is 1.12. The minimum absolute atomic E-state index is 0.154. The highest BCUT2D eigenvalue weighted by Crippen LogP contribution is 2.38. The van der Waals surface area contributed by atoms with Gasteiger partial charge in [0.1, 0.15) is 17.6 Å². The van der Waals surface area contributed by atoms with Crippen molar-refractivity contribution in [2.24, 2.45) is 0 Å². The number of hydrogen-bond acceptors (Lipinski definition) is 6. The number of hydrogen-bond donors (Lipinski definition) is 0. The number of ether oxygens (including phenoxy) is 1. The number of carbonyl (C=O) groups is 1. The van der Waals surface area contributed by atoms with Crippen molar-refractivity contribution >= 4 is 22.6 Å². The van der Waals surface area contributed by atoms with Crippen molar-refractivity contribution in [3.8, 4) is 0 Å². The number of para-hydroxylation sites is 1. The molecule has 1 amide bonds. The molecule has 160 valence electrons. The van der Waals surface area contributed by atoms with Crippen molar-refractivity contribution in [3.63, 3.8) is 0 Å². The summed E-state index contributed by atoms with van der Waals surface area (Å²) in [5, 5.41) is 1.10. The molecule has 3 fully saturated rings. The van der Waals surface area contributed by atoms with Gasteiger partial charge in [-0.15, -0.1) is 0 Å². The third-order valence-corrected chi connectivity index (χ3v) is 6.84. The van der Waals surface area contributed by atoms with Crippen LogP contribution < -0.4 is 4.90 Å². The molecule has 3 saturated heterocycles. The molecule has 3 aliphatic rings. The summed E-state index contributed by atoms with van der Waals surface area (Å²) in [4.78, 5) is 23.5. The van der Waals surface area contributed by atoms with Gasteiger partial charge in [0.15, 0.2) is 0 Å². The molecule has 0 radical (unpaired) electrons. The smallest absolute Gasteiger partial charge is 0.238 e. The number of amides is 1. The molecule has 0 N–H and O–H groups in total. The van der Waals surface area contributed by atoms with Gasteiger partial charge >= 0.3 is 0 Å². The summed E-state index contributed by atoms with van der Waals surface area (Å²) in [6.07, 6.45) is 5.36. The maximum absolute atomic E-state index is 12.9. The van der Waals surface area contributed by atoms with Crippen LogP contribution in [-0.4, -0.2) is 65.2 Å². The summed E-state index contributed by atoms with van der Waals surface area (Å²) in [5.41, 5.74) is 1.87. The number of fused-ring (bicyclic) bond motifs is 2. The van der Waals surface area contributed by atoms with Crippen molar-refractivity contribution in [1.82, 2.24) is 14.8 Å². The molecule has 0 aliphatic carbocycles. The number of rotatable bonds is 3. The number of piperazine rings is 1. The third kappa shape index (κ3) is 3.47. The molecular weight excluding hydrogens is 392 g/mol. The molecule has 3 aliphatic heterocycles. The Hall–Kier alpha value is -2.90. The number of pyridine rings is 1. The average molecular weight is 418 g/mol. The van der Waals surface area contributed by atoms with E-state index in [-0.39, 0.29) is 17.7 Å². The third-order valence-electron chi connectivity index (χ3n) is 6.84. The van der Waals surface area contributed by atoms with E-state index in [4.69, 9.17) is 9.15 Å². The van der Waals surface area contributed by atoms with Crippen LogP contribution in [0.5, 0.6) is 0 Å². The van der Waals surface area contributed by atoms with Gasteiger partial charge in [-0.1, -0.05) is 18.2 Å². The van der Waals surface area contributed by atoms with E-state index in [1.54, 1.807) is 0 Å². The molecule has 6 rings (SSSR count). The summed E-state index contributed by atoms with van der Waals surface area (Å²) in [5.74, 6) is 1.04. The number of benzene rings is 1. The van der Waals surface area contributed by atoms with Crippen molar-refractivity contribution < 1.29 is 13.9 Å². The quantitative estimate of drug-likeness (QED) is 0.652. The fourth-order valence-corrected chi connectivity index (χ4v) is 5.21. The first-order valence-corrected chi connectivity index (χ1v) is 11.0. The first-order valence-electron chi connectivity index (χ1n) is 11.0. The van der Waals surface area contributed by atoms with E-state index in [1.807, 2.05) is 41.6 Å². The van der Waals surface area contributed by atoms with E-state index in [2.05, 4.69) is 33.0 Å². The molecule has 0 saturated carbocycles. The van der Waals surface area contributed by atoms with Crippen molar-refractivity contribution in [1.29, 1.82) is 0 Å². The molecule has 5 heterocycles. The van der Waals surface area contributed by atoms with Gasteiger partial charge < -0.3 is 19.0 Å². The Labute approximate surface area is 181 Å². The lowest BCUT2D eigenvalue weighted by molar-refractivity contribution is -0.149. The molecule has 1 unspecified atom stereocenters. The Kier molecular flexibility index (Phi) is 4.47. The van der Waals surface area contributed by atoms with Crippen LogP contribution in [0.3, 0.4) is 0 Å². The molecule has 0 bridgehead atoms. The monoisotopic (exact) mass is 418 g/mol. The lowest BCUT2D eigenvalue weighted by atomic mass is 9.91. The number of carbonyl (C=O) groups excluding carboxylic acids is 1. The lowest BCUT2D eigenvalue weighted by Gasteiger charge is -2.39. The average Bonchev–Trinajstić information content (AvgIpc) is 3.36. The van der Waals surface area contributed by atoms with E-state index in [0.29, 0.717) is 19.6 Å². The van der Waals surface area contributed by atoms with Crippen LogP contribution >= 0.6 is 0 Å². The van der Waals surface area contributed by atoms with Gasteiger partial charge in [-0.25, -0.2) is 0 Å². The van der Waals surface area contributed by atoms with E-state index < -0.39 is 0 Å². The van der Waals surface area contributed by atoms with Gasteiger partial charge in [-0.3, -0.25) is 14.7 Å². The highest BCUT2D eigenvalue weighted by atomic mass is 16.5. The second kappa shape index (κ2) is 7.35. The Morgan fingerprint density at radius 1 is 1.10 bits per heavy atom. The molecule has 7 nitrogen and oxygen atoms in total. The second-order valence-corrected chi connectivity index (χ2v) is 8.89. The molecule has 7 heteroatoms. The highest BCUT2D eigenvalue weighted by molar-refractivity contribution is 5.80. The zero-order valence-corrected chi connectivity index (χ0v) is 17.4. The van der Waals surface area contributed by atoms with Crippen LogP contribution in [0.1, 0.15) is 18.6 Å². The summed E-state index contributed by atoms with van der Waals surface area (Å²) in [7, 11) is 0. The minimum Gasteiger partial charge on any atom is -0.460 e. The van der Waals surface area contributed by atoms with Gasteiger partial charge in [-0.05, 0) is 37.1 Å². The Morgan fingerprint density at radius 2 is 1.90 bits per heavy atom. The van der Waals surface area contributed by atoms with Crippen LogP contribution in [-0.2, 0) is 16.1 Å². The van der Waals surface area contributed by atoms with E-state index in [1.165, 1.54) is 5.69 Å². The number of aromatic nitrogens is 1. The SMILES string of the molecule is O=C1CN(Cc2cc3ccccc3o2)CC2OC3(CCN(c4ccncc4)CC3)CN12. The van der Waals surface area contributed by atoms with Crippen molar-refractivity contribution in [2.45, 2.75) is 31.2 Å². The van der Waals surface area contributed by atoms with Crippen LogP contribution in [0.4, 0.5) is 5.69 Å². The zero-order valence-electron chi connectivity index (χ0n) is 17.4. The zero-order chi connectivity index (χ0) is 20.8. The van der Waals surface area contributed by atoms with Crippen LogP contribution in [0.15, 0.2) is 59.3 Å². The number of piperidine rings is 1. The highest BCUT2D eigenvalue weighted by Gasteiger charge is 2.50. The van der Waals surface area contributed by atoms with E-state index in [9.17, 15) is 4.79 Å². The van der Waals surface area contributed by atoms with Gasteiger partial charge in [0, 0.05) is 43.1 Å². The first kappa shape index (κ1) is 18.8. The lowest BCUT2D eigenvalue weighted by Crippen LogP contribution is -2.53. The molecule has 2 aromatic heterocycles. The molecule has 1 atom stereocenters. The van der Waals surface area contributed by atoms with E-state index in [0.717, 1.165) is 49.2 Å². The topological polar surface area (TPSA) is 62.1 Å². The van der Waals surface area contributed by atoms with Crippen LogP contribution in [0.2, 0.25) is 0 Å². The minimum atomic E-state index is -0.223. The number of nitrogens with zero attached hydrogens (tertiary/aromatic N) is 4. The fourth-order valence-electron chi connectivity index (χ4n) is 5.21. The first-order chi connectivity index (χ1) is 15.2. The van der Waals surface area contributed by atoms with E-state index >= 15 is 0 Å². The van der Waals surface area contributed by atoms with Crippen molar-refractivity contribution in [2.75, 3.05) is 37.6 Å². The van der Waals surface area contributed by atoms with Gasteiger partial charge in [0.2, 0.25) is 5.91 Å². The number of furan rings is 1. The normalized spacial score (nSPS) is 23.6. The Morgan fingerprint density at radius 3 is 2.71 bits per heavy atom. The van der Waals surface area contributed by atoms with Gasteiger partial charge in [0.25, 0.3) is 0 Å². The Bertz CT molecular complexity index is 1060. The largest absolute Gasteiger partial charge is 0.460 e. The van der Waals surface area contributed by atoms with Crippen LogP contribution in [0, 0.1) is 0 Å². The maximum atomic E-state index is 12.9. The molecule has 31 heavy (non-hydrogen) atoms. The molecule has 3 aromatic rings. The van der Waals surface area contributed by atoms with Crippen LogP contribution in [0.25, 0.3) is 11.0 Å². The van der Waals surface area contributed by atoms with Gasteiger partial charge in [0.05, 0.1) is 25.2 Å². The molecular formula is C24H26N4O3. The second-order valence-electron chi connectivity index (χ2n) is 8.89. The predicted octanol–water partition coefficient (Wildman–Crippen LogP) is 2.87.